The van der Waals surface area contributed by atoms with Gasteiger partial charge in [0.2, 0.25) is 0 Å². The van der Waals surface area contributed by atoms with Gasteiger partial charge in [-0.3, -0.25) is 0 Å². The molecule has 0 saturated carbocycles. The van der Waals surface area contributed by atoms with Gasteiger partial charge in [0.25, 0.3) is 0 Å². The number of aromatic amines is 1. The number of ether oxygens (including phenoxy) is 1. The summed E-state index contributed by atoms with van der Waals surface area (Å²) in [5, 5.41) is 1.35. The van der Waals surface area contributed by atoms with Crippen molar-refractivity contribution in [2.45, 2.75) is 58.8 Å². The molecule has 3 nitrogen and oxygen atoms in total. The maximum absolute atomic E-state index is 5.83. The van der Waals surface area contributed by atoms with Crippen molar-refractivity contribution >= 4 is 10.9 Å². The van der Waals surface area contributed by atoms with Gasteiger partial charge in [0, 0.05) is 16.6 Å². The number of para-hydroxylation sites is 1. The molecule has 28 heavy (non-hydrogen) atoms. The van der Waals surface area contributed by atoms with Crippen LogP contribution in [0.25, 0.3) is 22.2 Å². The number of hydrogen-bond donors (Lipinski definition) is 2. The standard InChI is InChI=1S/C25H34N2O/c1-4-5-17-28-20-14-12-19(13-15-20)24-22(9-6-7-16-26)23-11-8-10-21(18(2)3)25(23)27-24/h8,10-15,18,27H,4-7,9,16-17,26H2,1-3H3. The van der Waals surface area contributed by atoms with E-state index < -0.39 is 0 Å². The van der Waals surface area contributed by atoms with Crippen molar-refractivity contribution in [3.63, 3.8) is 0 Å². The first kappa shape index (κ1) is 20.5. The molecule has 1 heterocycles. The summed E-state index contributed by atoms with van der Waals surface area (Å²) in [6, 6.07) is 15.2. The Morgan fingerprint density at radius 2 is 1.79 bits per heavy atom. The summed E-state index contributed by atoms with van der Waals surface area (Å²) in [5.41, 5.74) is 12.3. The molecule has 3 rings (SSSR count). The molecule has 0 radical (unpaired) electrons. The minimum atomic E-state index is 0.487. The van der Waals surface area contributed by atoms with E-state index in [1.807, 2.05) is 0 Å². The van der Waals surface area contributed by atoms with E-state index >= 15 is 0 Å². The fourth-order valence-corrected chi connectivity index (χ4v) is 3.78. The smallest absolute Gasteiger partial charge is 0.119 e. The highest BCUT2D eigenvalue weighted by Gasteiger charge is 2.16. The lowest BCUT2D eigenvalue weighted by Gasteiger charge is -2.08. The molecule has 3 heteroatoms. The highest BCUT2D eigenvalue weighted by molar-refractivity contribution is 5.93. The zero-order chi connectivity index (χ0) is 19.9. The van der Waals surface area contributed by atoms with Gasteiger partial charge in [-0.05, 0) is 79.1 Å². The molecule has 0 aliphatic heterocycles. The number of H-pyrrole nitrogens is 1. The Kier molecular flexibility index (Phi) is 7.16. The van der Waals surface area contributed by atoms with E-state index in [0.29, 0.717) is 5.92 Å². The second-order valence-electron chi connectivity index (χ2n) is 7.88. The Balaban J connectivity index is 1.98. The molecule has 0 bridgehead atoms. The van der Waals surface area contributed by atoms with E-state index in [1.54, 1.807) is 0 Å². The minimum Gasteiger partial charge on any atom is -0.494 e. The third kappa shape index (κ3) is 4.59. The van der Waals surface area contributed by atoms with Gasteiger partial charge in [0.15, 0.2) is 0 Å². The molecular weight excluding hydrogens is 344 g/mol. The van der Waals surface area contributed by atoms with Gasteiger partial charge in [-0.15, -0.1) is 0 Å². The highest BCUT2D eigenvalue weighted by Crippen LogP contribution is 2.35. The van der Waals surface area contributed by atoms with E-state index in [2.05, 4.69) is 68.2 Å². The van der Waals surface area contributed by atoms with Crippen LogP contribution in [0.4, 0.5) is 0 Å². The van der Waals surface area contributed by atoms with Crippen LogP contribution in [0.15, 0.2) is 42.5 Å². The minimum absolute atomic E-state index is 0.487. The van der Waals surface area contributed by atoms with Gasteiger partial charge in [-0.25, -0.2) is 0 Å². The van der Waals surface area contributed by atoms with Gasteiger partial charge in [-0.2, -0.15) is 0 Å². The predicted molar refractivity (Wildman–Crippen MR) is 120 cm³/mol. The molecule has 3 N–H and O–H groups in total. The summed E-state index contributed by atoms with van der Waals surface area (Å²) in [6.45, 7) is 8.22. The van der Waals surface area contributed by atoms with Crippen LogP contribution in [0.5, 0.6) is 5.75 Å². The first-order valence-electron chi connectivity index (χ1n) is 10.7. The lowest BCUT2D eigenvalue weighted by molar-refractivity contribution is 0.309. The van der Waals surface area contributed by atoms with Crippen LogP contribution in [0.1, 0.15) is 63.5 Å². The molecule has 0 spiro atoms. The normalized spacial score (nSPS) is 11.5. The summed E-state index contributed by atoms with van der Waals surface area (Å²) < 4.78 is 5.83. The summed E-state index contributed by atoms with van der Waals surface area (Å²) in [5.74, 6) is 1.43. The molecule has 0 fully saturated rings. The summed E-state index contributed by atoms with van der Waals surface area (Å²) in [4.78, 5) is 3.76. The molecular formula is C25H34N2O. The largest absolute Gasteiger partial charge is 0.494 e. The van der Waals surface area contributed by atoms with Gasteiger partial charge < -0.3 is 15.5 Å². The molecule has 0 atom stereocenters. The number of fused-ring (bicyclic) bond motifs is 1. The predicted octanol–water partition coefficient (Wildman–Crippen LogP) is 6.42. The van der Waals surface area contributed by atoms with Crippen LogP contribution in [0.2, 0.25) is 0 Å². The summed E-state index contributed by atoms with van der Waals surface area (Å²) in [6.07, 6.45) is 5.45. The number of unbranched alkanes of at least 4 members (excludes halogenated alkanes) is 2. The molecule has 3 aromatic rings. The van der Waals surface area contributed by atoms with Crippen molar-refractivity contribution in [3.8, 4) is 17.0 Å². The maximum atomic E-state index is 5.83. The van der Waals surface area contributed by atoms with Crippen LogP contribution in [-0.2, 0) is 6.42 Å². The van der Waals surface area contributed by atoms with Gasteiger partial charge in [-0.1, -0.05) is 45.4 Å². The van der Waals surface area contributed by atoms with Crippen molar-refractivity contribution in [3.05, 3.63) is 53.6 Å². The van der Waals surface area contributed by atoms with Gasteiger partial charge in [0.05, 0.1) is 6.61 Å². The highest BCUT2D eigenvalue weighted by atomic mass is 16.5. The molecule has 1 aromatic heterocycles. The van der Waals surface area contributed by atoms with Crippen LogP contribution < -0.4 is 10.5 Å². The third-order valence-corrected chi connectivity index (χ3v) is 5.39. The average Bonchev–Trinajstić information content (AvgIpc) is 3.07. The van der Waals surface area contributed by atoms with Crippen LogP contribution in [-0.4, -0.2) is 18.1 Å². The monoisotopic (exact) mass is 378 g/mol. The second-order valence-corrected chi connectivity index (χ2v) is 7.88. The third-order valence-electron chi connectivity index (χ3n) is 5.39. The lowest BCUT2D eigenvalue weighted by atomic mass is 9.96. The molecule has 2 aromatic carbocycles. The second kappa shape index (κ2) is 9.79. The number of hydrogen-bond acceptors (Lipinski definition) is 2. The van der Waals surface area contributed by atoms with Crippen LogP contribution in [0.3, 0.4) is 0 Å². The molecule has 150 valence electrons. The zero-order valence-electron chi connectivity index (χ0n) is 17.6. The lowest BCUT2D eigenvalue weighted by Crippen LogP contribution is -1.99. The fourth-order valence-electron chi connectivity index (χ4n) is 3.78. The Morgan fingerprint density at radius 3 is 2.46 bits per heavy atom. The Bertz CT molecular complexity index is 877. The number of nitrogens with two attached hydrogens (primary N) is 1. The first-order chi connectivity index (χ1) is 13.7. The zero-order valence-corrected chi connectivity index (χ0v) is 17.6. The van der Waals surface area contributed by atoms with Crippen LogP contribution >= 0.6 is 0 Å². The number of aromatic nitrogens is 1. The molecule has 0 saturated heterocycles. The Labute approximate surface area is 169 Å². The molecule has 0 aliphatic carbocycles. The molecule has 0 unspecified atom stereocenters. The fraction of sp³-hybridized carbons (Fsp3) is 0.440. The van der Waals surface area contributed by atoms with E-state index in [0.717, 1.165) is 51.0 Å². The summed E-state index contributed by atoms with van der Waals surface area (Å²) in [7, 11) is 0. The topological polar surface area (TPSA) is 51.0 Å². The van der Waals surface area contributed by atoms with E-state index in [9.17, 15) is 0 Å². The Morgan fingerprint density at radius 1 is 1.00 bits per heavy atom. The quantitative estimate of drug-likeness (QED) is 0.400. The number of rotatable bonds is 10. The molecule has 0 aliphatic rings. The number of aryl methyl sites for hydroxylation is 1. The maximum Gasteiger partial charge on any atom is 0.119 e. The van der Waals surface area contributed by atoms with Crippen molar-refractivity contribution in [1.29, 1.82) is 0 Å². The van der Waals surface area contributed by atoms with Crippen LogP contribution in [0, 0.1) is 0 Å². The molecule has 0 amide bonds. The SMILES string of the molecule is CCCCOc1ccc(-c2[nH]c3c(C(C)C)cccc3c2CCCCN)cc1. The van der Waals surface area contributed by atoms with E-state index in [4.69, 9.17) is 10.5 Å². The van der Waals surface area contributed by atoms with Crippen molar-refractivity contribution in [2.24, 2.45) is 5.73 Å². The van der Waals surface area contributed by atoms with E-state index in [-0.39, 0.29) is 0 Å². The van der Waals surface area contributed by atoms with Gasteiger partial charge in [0.1, 0.15) is 5.75 Å². The first-order valence-corrected chi connectivity index (χ1v) is 10.7. The van der Waals surface area contributed by atoms with E-state index in [1.165, 1.54) is 33.3 Å². The summed E-state index contributed by atoms with van der Waals surface area (Å²) >= 11 is 0. The van der Waals surface area contributed by atoms with Crippen molar-refractivity contribution < 1.29 is 4.74 Å². The van der Waals surface area contributed by atoms with Crippen molar-refractivity contribution in [2.75, 3.05) is 13.2 Å². The average molecular weight is 379 g/mol. The number of nitrogens with one attached hydrogen (secondary N) is 1. The van der Waals surface area contributed by atoms with Gasteiger partial charge >= 0.3 is 0 Å². The Hall–Kier alpha value is -2.26. The van der Waals surface area contributed by atoms with Crippen molar-refractivity contribution in [1.82, 2.24) is 4.98 Å². The number of benzene rings is 2.